The Morgan fingerprint density at radius 2 is 1.30 bits per heavy atom. The van der Waals surface area contributed by atoms with Crippen molar-refractivity contribution in [2.24, 2.45) is 0 Å². The van der Waals surface area contributed by atoms with E-state index in [0.29, 0.717) is 0 Å². The molecule has 33 heavy (non-hydrogen) atoms. The Morgan fingerprint density at radius 3 is 1.76 bits per heavy atom. The number of hydrogen-bond donors (Lipinski definition) is 1. The summed E-state index contributed by atoms with van der Waals surface area (Å²) >= 11 is 16.8. The van der Waals surface area contributed by atoms with Gasteiger partial charge >= 0.3 is 11.5 Å². The lowest BCUT2D eigenvalue weighted by molar-refractivity contribution is 0.129. The molecule has 0 aliphatic carbocycles. The molecule has 1 amide bonds. The Hall–Kier alpha value is -2.80. The van der Waals surface area contributed by atoms with Crippen molar-refractivity contribution >= 4 is 46.3 Å². The summed E-state index contributed by atoms with van der Waals surface area (Å²) in [6, 6.07) is 22.1. The van der Waals surface area contributed by atoms with Crippen molar-refractivity contribution in [3.63, 3.8) is 0 Å². The first kappa shape index (κ1) is 26.5. The number of halogens is 3. The van der Waals surface area contributed by atoms with E-state index in [1.807, 2.05) is 74.5 Å². The maximum atomic E-state index is 12.0. The first-order valence-corrected chi connectivity index (χ1v) is 11.0. The summed E-state index contributed by atoms with van der Waals surface area (Å²) < 4.78 is 9.77. The number of rotatable bonds is 6. The zero-order valence-electron chi connectivity index (χ0n) is 18.1. The van der Waals surface area contributed by atoms with Crippen molar-refractivity contribution < 1.29 is 19.1 Å². The van der Waals surface area contributed by atoms with Crippen molar-refractivity contribution in [3.05, 3.63) is 99.8 Å². The van der Waals surface area contributed by atoms with Gasteiger partial charge in [0.1, 0.15) is 23.5 Å². The van der Waals surface area contributed by atoms with Gasteiger partial charge in [0.25, 0.3) is 0 Å². The van der Waals surface area contributed by atoms with E-state index in [4.69, 9.17) is 39.5 Å². The van der Waals surface area contributed by atoms with Crippen LogP contribution >= 0.6 is 34.8 Å². The highest BCUT2D eigenvalue weighted by Crippen LogP contribution is 2.25. The first-order chi connectivity index (χ1) is 15.7. The molecule has 0 saturated heterocycles. The third kappa shape index (κ3) is 10.1. The molecule has 2 aromatic carbocycles. The predicted octanol–water partition coefficient (Wildman–Crippen LogP) is 7.11. The van der Waals surface area contributed by atoms with E-state index >= 15 is 0 Å². The minimum absolute atomic E-state index is 0.209. The molecule has 1 N–H and O–H groups in total. The standard InChI is InChI=1S/C16H16Cl2N2O2.C8H7ClO2/c1-16(2,12-8-13(17)19-14(18)9-12)20-15(21)22-10-11-6-4-3-5-7-11;9-8(10)11-6-7-4-2-1-3-5-7/h3-9H,10H2,1-2H3,(H,20,21);1-5H,6H2. The van der Waals surface area contributed by atoms with Crippen LogP contribution in [0, 0.1) is 0 Å². The Bertz CT molecular complexity index is 1030. The van der Waals surface area contributed by atoms with Crippen LogP contribution in [0.1, 0.15) is 30.5 Å². The van der Waals surface area contributed by atoms with Crippen LogP contribution in [-0.2, 0) is 28.2 Å². The largest absolute Gasteiger partial charge is 0.449 e. The fraction of sp³-hybridized carbons (Fsp3) is 0.208. The fourth-order valence-corrected chi connectivity index (χ4v) is 3.14. The van der Waals surface area contributed by atoms with Gasteiger partial charge in [-0.15, -0.1) is 0 Å². The number of amides is 1. The van der Waals surface area contributed by atoms with Crippen LogP contribution in [0.2, 0.25) is 10.3 Å². The number of ether oxygens (including phenoxy) is 2. The van der Waals surface area contributed by atoms with Gasteiger partial charge in [0.05, 0.1) is 5.54 Å². The van der Waals surface area contributed by atoms with E-state index in [1.165, 1.54) is 0 Å². The summed E-state index contributed by atoms with van der Waals surface area (Å²) in [6.45, 7) is 4.11. The van der Waals surface area contributed by atoms with E-state index in [2.05, 4.69) is 15.0 Å². The average molecular weight is 510 g/mol. The third-order valence-electron chi connectivity index (χ3n) is 4.31. The molecule has 1 heterocycles. The molecule has 0 radical (unpaired) electrons. The number of alkyl carbamates (subject to hydrolysis) is 1. The Labute approximate surface area is 207 Å². The molecule has 9 heteroatoms. The number of nitrogens with zero attached hydrogens (tertiary/aromatic N) is 1. The molecule has 3 aromatic rings. The minimum atomic E-state index is -0.770. The molecule has 0 atom stereocenters. The van der Waals surface area contributed by atoms with E-state index in [9.17, 15) is 9.59 Å². The van der Waals surface area contributed by atoms with Gasteiger partial charge in [-0.2, -0.15) is 0 Å². The summed E-state index contributed by atoms with van der Waals surface area (Å²) in [6.07, 6.45) is -0.516. The summed E-state index contributed by atoms with van der Waals surface area (Å²) in [5.41, 5.74) is 1.14. The molecule has 174 valence electrons. The van der Waals surface area contributed by atoms with Gasteiger partial charge in [-0.3, -0.25) is 0 Å². The molecular weight excluding hydrogens is 487 g/mol. The second-order valence-electron chi connectivity index (χ2n) is 7.32. The lowest BCUT2D eigenvalue weighted by atomic mass is 9.96. The molecular formula is C24H23Cl3N2O4. The number of aromatic nitrogens is 1. The minimum Gasteiger partial charge on any atom is -0.449 e. The normalized spacial score (nSPS) is 10.5. The number of benzene rings is 2. The van der Waals surface area contributed by atoms with Crippen LogP contribution in [0.4, 0.5) is 9.59 Å². The summed E-state index contributed by atoms with van der Waals surface area (Å²) in [4.78, 5) is 26.0. The van der Waals surface area contributed by atoms with Crippen LogP contribution < -0.4 is 5.32 Å². The maximum Gasteiger partial charge on any atom is 0.408 e. The van der Waals surface area contributed by atoms with Crippen molar-refractivity contribution in [1.29, 1.82) is 0 Å². The van der Waals surface area contributed by atoms with Gasteiger partial charge in [0.15, 0.2) is 0 Å². The molecule has 6 nitrogen and oxygen atoms in total. The number of nitrogens with one attached hydrogen (secondary N) is 1. The first-order valence-electron chi connectivity index (χ1n) is 9.84. The smallest absolute Gasteiger partial charge is 0.408 e. The zero-order valence-corrected chi connectivity index (χ0v) is 20.3. The van der Waals surface area contributed by atoms with E-state index in [-0.39, 0.29) is 23.5 Å². The second-order valence-corrected chi connectivity index (χ2v) is 8.41. The number of carbonyl (C=O) groups is 2. The van der Waals surface area contributed by atoms with Crippen molar-refractivity contribution in [3.8, 4) is 0 Å². The molecule has 0 fully saturated rings. The van der Waals surface area contributed by atoms with Crippen molar-refractivity contribution in [1.82, 2.24) is 10.3 Å². The zero-order chi connectivity index (χ0) is 24.3. The van der Waals surface area contributed by atoms with E-state index < -0.39 is 17.1 Å². The van der Waals surface area contributed by atoms with Gasteiger partial charge in [-0.1, -0.05) is 83.9 Å². The molecule has 0 bridgehead atoms. The Balaban J connectivity index is 0.000000294. The SMILES string of the molecule is CC(C)(NC(=O)OCc1ccccc1)c1cc(Cl)nc(Cl)c1.O=C(Cl)OCc1ccccc1. The van der Waals surface area contributed by atoms with Crippen LogP contribution in [0.5, 0.6) is 0 Å². The molecule has 3 rings (SSSR count). The highest BCUT2D eigenvalue weighted by molar-refractivity contribution is 6.61. The molecule has 0 aliphatic heterocycles. The van der Waals surface area contributed by atoms with Gasteiger partial charge in [0, 0.05) is 11.6 Å². The van der Waals surface area contributed by atoms with Crippen molar-refractivity contribution in [2.45, 2.75) is 32.6 Å². The van der Waals surface area contributed by atoms with Crippen LogP contribution in [0.25, 0.3) is 0 Å². The molecule has 0 saturated carbocycles. The third-order valence-corrected chi connectivity index (χ3v) is 4.80. The Kier molecular flexibility index (Phi) is 10.5. The van der Waals surface area contributed by atoms with Crippen molar-refractivity contribution in [2.75, 3.05) is 0 Å². The highest BCUT2D eigenvalue weighted by atomic mass is 35.5. The maximum absolute atomic E-state index is 12.0. The molecule has 0 spiro atoms. The Morgan fingerprint density at radius 1 is 0.848 bits per heavy atom. The van der Waals surface area contributed by atoms with Crippen LogP contribution in [-0.4, -0.2) is 16.5 Å². The van der Waals surface area contributed by atoms with Gasteiger partial charge in [-0.05, 0) is 42.7 Å². The van der Waals surface area contributed by atoms with Crippen LogP contribution in [0.15, 0.2) is 72.8 Å². The summed E-state index contributed by atoms with van der Waals surface area (Å²) in [5.74, 6) is 0. The number of carbonyl (C=O) groups excluding carboxylic acids is 2. The fourth-order valence-electron chi connectivity index (χ4n) is 2.63. The lowest BCUT2D eigenvalue weighted by Gasteiger charge is -2.26. The monoisotopic (exact) mass is 508 g/mol. The summed E-state index contributed by atoms with van der Waals surface area (Å²) in [5, 5.41) is 3.34. The number of pyridine rings is 1. The van der Waals surface area contributed by atoms with Crippen LogP contribution in [0.3, 0.4) is 0 Å². The second kappa shape index (κ2) is 13.0. The van der Waals surface area contributed by atoms with E-state index in [0.717, 1.165) is 16.7 Å². The quantitative estimate of drug-likeness (QED) is 0.283. The van der Waals surface area contributed by atoms with Gasteiger partial charge in [-0.25, -0.2) is 14.6 Å². The molecule has 0 aliphatic rings. The van der Waals surface area contributed by atoms with E-state index in [1.54, 1.807) is 12.1 Å². The van der Waals surface area contributed by atoms with Gasteiger partial charge in [0.2, 0.25) is 0 Å². The van der Waals surface area contributed by atoms with Gasteiger partial charge < -0.3 is 14.8 Å². The molecule has 1 aromatic heterocycles. The molecule has 0 unspecified atom stereocenters. The topological polar surface area (TPSA) is 77.5 Å². The predicted molar refractivity (Wildman–Crippen MR) is 130 cm³/mol. The lowest BCUT2D eigenvalue weighted by Crippen LogP contribution is -2.41. The number of hydrogen-bond acceptors (Lipinski definition) is 5. The summed E-state index contributed by atoms with van der Waals surface area (Å²) in [7, 11) is 0. The highest BCUT2D eigenvalue weighted by Gasteiger charge is 2.24. The average Bonchev–Trinajstić information content (AvgIpc) is 2.77.